The Morgan fingerprint density at radius 3 is 2.45 bits per heavy atom. The molecule has 10 heteroatoms. The second-order valence-electron chi connectivity index (χ2n) is 6.22. The third-order valence-electron chi connectivity index (χ3n) is 4.13. The highest BCUT2D eigenvalue weighted by atomic mass is 32.2. The Balaban J connectivity index is 1.94. The van der Waals surface area contributed by atoms with Crippen molar-refractivity contribution in [2.24, 2.45) is 0 Å². The molecule has 9 nitrogen and oxygen atoms in total. The number of fused-ring (bicyclic) bond motifs is 1. The fraction of sp³-hybridized carbons (Fsp3) is 0.211. The standard InChI is InChI=1S/C19H20N4O5S/c1-4-28-19(25)16-17(23-12-6-5-7-15(23)20-16)21-18(24)13-8-10-14(11-9-13)29(26,27)22(2)3/h5-12H,4H2,1-3H3,(H,21,24). The number of hydrogen-bond donors (Lipinski definition) is 1. The van der Waals surface area contributed by atoms with Crippen molar-refractivity contribution in [1.29, 1.82) is 0 Å². The topological polar surface area (TPSA) is 110 Å². The number of hydrogen-bond acceptors (Lipinski definition) is 6. The summed E-state index contributed by atoms with van der Waals surface area (Å²) in [5, 5.41) is 2.67. The largest absolute Gasteiger partial charge is 0.461 e. The lowest BCUT2D eigenvalue weighted by molar-refractivity contribution is 0.0521. The predicted octanol–water partition coefficient (Wildman–Crippen LogP) is 2.01. The average Bonchev–Trinajstić information content (AvgIpc) is 3.07. The normalized spacial score (nSPS) is 11.6. The quantitative estimate of drug-likeness (QED) is 0.616. The van der Waals surface area contributed by atoms with E-state index in [-0.39, 0.29) is 28.6 Å². The first kappa shape index (κ1) is 20.5. The minimum Gasteiger partial charge on any atom is -0.461 e. The molecule has 2 heterocycles. The van der Waals surface area contributed by atoms with E-state index >= 15 is 0 Å². The van der Waals surface area contributed by atoms with Crippen LogP contribution < -0.4 is 5.32 Å². The van der Waals surface area contributed by atoms with Gasteiger partial charge in [-0.2, -0.15) is 0 Å². The van der Waals surface area contributed by atoms with Crippen LogP contribution in [0.5, 0.6) is 0 Å². The number of benzene rings is 1. The lowest BCUT2D eigenvalue weighted by Crippen LogP contribution is -2.22. The number of aromatic nitrogens is 2. The van der Waals surface area contributed by atoms with E-state index in [0.717, 1.165) is 4.31 Å². The molecule has 1 amide bonds. The van der Waals surface area contributed by atoms with E-state index in [4.69, 9.17) is 4.74 Å². The van der Waals surface area contributed by atoms with Gasteiger partial charge in [0.1, 0.15) is 5.65 Å². The van der Waals surface area contributed by atoms with Gasteiger partial charge in [-0.1, -0.05) is 6.07 Å². The summed E-state index contributed by atoms with van der Waals surface area (Å²) in [6.45, 7) is 1.84. The highest BCUT2D eigenvalue weighted by molar-refractivity contribution is 7.89. The van der Waals surface area contributed by atoms with Crippen LogP contribution in [0.4, 0.5) is 5.82 Å². The lowest BCUT2D eigenvalue weighted by atomic mass is 10.2. The van der Waals surface area contributed by atoms with E-state index in [0.29, 0.717) is 5.65 Å². The molecule has 3 aromatic rings. The van der Waals surface area contributed by atoms with Gasteiger partial charge in [-0.05, 0) is 43.3 Å². The number of carbonyl (C=O) groups excluding carboxylic acids is 2. The summed E-state index contributed by atoms with van der Waals surface area (Å²) in [6.07, 6.45) is 1.66. The molecular weight excluding hydrogens is 396 g/mol. The van der Waals surface area contributed by atoms with E-state index in [1.165, 1.54) is 38.4 Å². The highest BCUT2D eigenvalue weighted by Crippen LogP contribution is 2.21. The van der Waals surface area contributed by atoms with Crippen molar-refractivity contribution < 1.29 is 22.7 Å². The van der Waals surface area contributed by atoms with Gasteiger partial charge in [-0.15, -0.1) is 0 Å². The number of ether oxygens (including phenoxy) is 1. The summed E-state index contributed by atoms with van der Waals surface area (Å²) >= 11 is 0. The summed E-state index contributed by atoms with van der Waals surface area (Å²) < 4.78 is 32.0. The summed E-state index contributed by atoms with van der Waals surface area (Å²) in [7, 11) is -0.740. The Morgan fingerprint density at radius 1 is 1.14 bits per heavy atom. The van der Waals surface area contributed by atoms with Gasteiger partial charge in [-0.25, -0.2) is 22.5 Å². The lowest BCUT2D eigenvalue weighted by Gasteiger charge is -2.12. The van der Waals surface area contributed by atoms with E-state index in [1.54, 1.807) is 35.7 Å². The first-order chi connectivity index (χ1) is 13.8. The summed E-state index contributed by atoms with van der Waals surface area (Å²) in [4.78, 5) is 29.3. The van der Waals surface area contributed by atoms with Gasteiger partial charge in [0.15, 0.2) is 11.5 Å². The first-order valence-corrected chi connectivity index (χ1v) is 10.2. The summed E-state index contributed by atoms with van der Waals surface area (Å²) in [5.41, 5.74) is 0.680. The molecule has 0 bridgehead atoms. The zero-order chi connectivity index (χ0) is 21.2. The zero-order valence-corrected chi connectivity index (χ0v) is 16.9. The first-order valence-electron chi connectivity index (χ1n) is 8.74. The molecule has 0 radical (unpaired) electrons. The van der Waals surface area contributed by atoms with Crippen LogP contribution in [-0.2, 0) is 14.8 Å². The van der Waals surface area contributed by atoms with Gasteiger partial charge in [0.25, 0.3) is 5.91 Å². The number of sulfonamides is 1. The third kappa shape index (κ3) is 3.98. The van der Waals surface area contributed by atoms with Crippen LogP contribution in [0, 0.1) is 0 Å². The average molecular weight is 416 g/mol. The van der Waals surface area contributed by atoms with Gasteiger partial charge >= 0.3 is 5.97 Å². The van der Waals surface area contributed by atoms with Crippen LogP contribution in [0.1, 0.15) is 27.8 Å². The molecule has 0 unspecified atom stereocenters. The molecule has 152 valence electrons. The van der Waals surface area contributed by atoms with Gasteiger partial charge in [0.05, 0.1) is 11.5 Å². The number of rotatable bonds is 6. The predicted molar refractivity (Wildman–Crippen MR) is 106 cm³/mol. The van der Waals surface area contributed by atoms with E-state index in [2.05, 4.69) is 10.3 Å². The molecule has 1 N–H and O–H groups in total. The number of carbonyl (C=O) groups is 2. The van der Waals surface area contributed by atoms with Crippen molar-refractivity contribution in [3.63, 3.8) is 0 Å². The van der Waals surface area contributed by atoms with Gasteiger partial charge in [-0.3, -0.25) is 9.20 Å². The van der Waals surface area contributed by atoms with Gasteiger partial charge < -0.3 is 10.1 Å². The van der Waals surface area contributed by atoms with Crippen molar-refractivity contribution in [2.75, 3.05) is 26.0 Å². The van der Waals surface area contributed by atoms with Crippen molar-refractivity contribution in [2.45, 2.75) is 11.8 Å². The Bertz CT molecular complexity index is 1170. The molecule has 1 aromatic carbocycles. The monoisotopic (exact) mass is 416 g/mol. The minimum atomic E-state index is -3.60. The van der Waals surface area contributed by atoms with Crippen molar-refractivity contribution in [3.8, 4) is 0 Å². The number of amides is 1. The van der Waals surface area contributed by atoms with Crippen LogP contribution in [0.15, 0.2) is 53.6 Å². The van der Waals surface area contributed by atoms with Gasteiger partial charge in [0.2, 0.25) is 10.0 Å². The molecule has 29 heavy (non-hydrogen) atoms. The molecule has 0 atom stereocenters. The Labute approximate surface area is 168 Å². The molecule has 0 aliphatic carbocycles. The van der Waals surface area contributed by atoms with Crippen molar-refractivity contribution in [3.05, 3.63) is 59.9 Å². The van der Waals surface area contributed by atoms with E-state index in [1.807, 2.05) is 0 Å². The van der Waals surface area contributed by atoms with Crippen LogP contribution >= 0.6 is 0 Å². The molecular formula is C19H20N4O5S. The molecule has 2 aromatic heterocycles. The molecule has 0 aliphatic rings. The fourth-order valence-electron chi connectivity index (χ4n) is 2.63. The fourth-order valence-corrected chi connectivity index (χ4v) is 3.53. The maximum absolute atomic E-state index is 12.7. The van der Waals surface area contributed by atoms with Crippen LogP contribution in [0.25, 0.3) is 5.65 Å². The van der Waals surface area contributed by atoms with E-state index < -0.39 is 21.9 Å². The highest BCUT2D eigenvalue weighted by Gasteiger charge is 2.23. The Morgan fingerprint density at radius 2 is 1.83 bits per heavy atom. The van der Waals surface area contributed by atoms with Crippen LogP contribution in [0.3, 0.4) is 0 Å². The van der Waals surface area contributed by atoms with Crippen LogP contribution in [0.2, 0.25) is 0 Å². The summed E-state index contributed by atoms with van der Waals surface area (Å²) in [5.74, 6) is -0.997. The molecule has 0 fully saturated rings. The minimum absolute atomic E-state index is 0.0156. The number of anilines is 1. The molecule has 0 saturated carbocycles. The van der Waals surface area contributed by atoms with Crippen molar-refractivity contribution in [1.82, 2.24) is 13.7 Å². The smallest absolute Gasteiger partial charge is 0.360 e. The van der Waals surface area contributed by atoms with Crippen molar-refractivity contribution >= 4 is 33.4 Å². The Kier molecular flexibility index (Phi) is 5.66. The van der Waals surface area contributed by atoms with E-state index in [9.17, 15) is 18.0 Å². The molecule has 0 aliphatic heterocycles. The third-order valence-corrected chi connectivity index (χ3v) is 5.96. The SMILES string of the molecule is CCOC(=O)c1nc2ccccn2c1NC(=O)c1ccc(S(=O)(=O)N(C)C)cc1. The maximum Gasteiger partial charge on any atom is 0.360 e. The number of imidazole rings is 1. The molecule has 0 spiro atoms. The second-order valence-corrected chi connectivity index (χ2v) is 8.38. The van der Waals surface area contributed by atoms with Gasteiger partial charge in [0, 0.05) is 25.9 Å². The number of nitrogens with zero attached hydrogens (tertiary/aromatic N) is 3. The number of nitrogens with one attached hydrogen (secondary N) is 1. The number of esters is 1. The zero-order valence-electron chi connectivity index (χ0n) is 16.1. The maximum atomic E-state index is 12.7. The van der Waals surface area contributed by atoms with Crippen LogP contribution in [-0.4, -0.2) is 54.7 Å². The second kappa shape index (κ2) is 8.02. The molecule has 0 saturated heterocycles. The number of pyridine rings is 1. The summed E-state index contributed by atoms with van der Waals surface area (Å²) in [6, 6.07) is 10.7. The molecule has 3 rings (SSSR count). The Hall–Kier alpha value is -3.24.